The fraction of sp³-hybridized carbons (Fsp3) is 0.308. The summed E-state index contributed by atoms with van der Waals surface area (Å²) in [6.07, 6.45) is 1.88. The average molecular weight is 295 g/mol. The first-order valence-corrected chi connectivity index (χ1v) is 8.01. The zero-order valence-corrected chi connectivity index (χ0v) is 12.4. The van der Waals surface area contributed by atoms with Crippen LogP contribution >= 0.6 is 0 Å². The van der Waals surface area contributed by atoms with E-state index in [1.165, 1.54) is 12.1 Å². The van der Waals surface area contributed by atoms with Crippen molar-refractivity contribution >= 4 is 15.5 Å². The van der Waals surface area contributed by atoms with Crippen LogP contribution in [0.4, 0.5) is 5.69 Å². The Balaban J connectivity index is 2.29. The van der Waals surface area contributed by atoms with E-state index in [0.717, 1.165) is 18.4 Å². The van der Waals surface area contributed by atoms with Gasteiger partial charge in [-0.2, -0.15) is 5.10 Å². The van der Waals surface area contributed by atoms with Crippen LogP contribution < -0.4 is 10.5 Å². The third kappa shape index (κ3) is 2.77. The molecule has 0 fully saturated rings. The van der Waals surface area contributed by atoms with Crippen LogP contribution in [0.5, 0.6) is 11.6 Å². The first kappa shape index (κ1) is 14.4. The Kier molecular flexibility index (Phi) is 3.71. The maximum atomic E-state index is 11.4. The molecular formula is C13H17N3O3S. The SMILES string of the molecule is CCc1nn(C)c(Oc2ccc(S(C)(=O)=O)cc2)c1N. The molecule has 2 rings (SSSR count). The van der Waals surface area contributed by atoms with E-state index in [0.29, 0.717) is 17.3 Å². The number of hydrogen-bond donors (Lipinski definition) is 1. The van der Waals surface area contributed by atoms with Crippen molar-refractivity contribution in [2.45, 2.75) is 18.2 Å². The van der Waals surface area contributed by atoms with Gasteiger partial charge in [-0.05, 0) is 30.7 Å². The lowest BCUT2D eigenvalue weighted by molar-refractivity contribution is 0.432. The van der Waals surface area contributed by atoms with Crippen molar-refractivity contribution in [1.29, 1.82) is 0 Å². The molecule has 0 aliphatic rings. The van der Waals surface area contributed by atoms with Crippen LogP contribution in [-0.2, 0) is 23.3 Å². The molecule has 20 heavy (non-hydrogen) atoms. The molecule has 0 aliphatic heterocycles. The van der Waals surface area contributed by atoms with E-state index in [9.17, 15) is 8.42 Å². The van der Waals surface area contributed by atoms with Gasteiger partial charge in [0, 0.05) is 13.3 Å². The van der Waals surface area contributed by atoms with E-state index in [1.54, 1.807) is 23.9 Å². The van der Waals surface area contributed by atoms with E-state index < -0.39 is 9.84 Å². The van der Waals surface area contributed by atoms with Gasteiger partial charge >= 0.3 is 0 Å². The molecule has 108 valence electrons. The van der Waals surface area contributed by atoms with Crippen LogP contribution in [0.2, 0.25) is 0 Å². The summed E-state index contributed by atoms with van der Waals surface area (Å²) in [6, 6.07) is 6.18. The third-order valence-corrected chi connectivity index (χ3v) is 4.04. The number of nitrogens with two attached hydrogens (primary N) is 1. The maximum Gasteiger partial charge on any atom is 0.241 e. The molecule has 2 N–H and O–H groups in total. The smallest absolute Gasteiger partial charge is 0.241 e. The van der Waals surface area contributed by atoms with Crippen LogP contribution in [0.15, 0.2) is 29.2 Å². The molecule has 0 atom stereocenters. The number of nitrogen functional groups attached to an aromatic ring is 1. The summed E-state index contributed by atoms with van der Waals surface area (Å²) in [5.41, 5.74) is 7.23. The molecule has 6 nitrogen and oxygen atoms in total. The molecule has 0 spiro atoms. The highest BCUT2D eigenvalue weighted by molar-refractivity contribution is 7.90. The van der Waals surface area contributed by atoms with Gasteiger partial charge in [-0.25, -0.2) is 13.1 Å². The van der Waals surface area contributed by atoms with Crippen molar-refractivity contribution in [1.82, 2.24) is 9.78 Å². The second-order valence-electron chi connectivity index (χ2n) is 4.49. The van der Waals surface area contributed by atoms with Crippen LogP contribution in [-0.4, -0.2) is 24.5 Å². The number of anilines is 1. The highest BCUT2D eigenvalue weighted by Gasteiger charge is 2.14. The predicted molar refractivity (Wildman–Crippen MR) is 76.6 cm³/mol. The summed E-state index contributed by atoms with van der Waals surface area (Å²) in [6.45, 7) is 1.96. The standard InChI is InChI=1S/C13H17N3O3S/c1-4-11-12(14)13(16(2)15-11)19-9-5-7-10(8-6-9)20(3,17)18/h5-8H,4,14H2,1-3H3. The molecule has 1 aromatic heterocycles. The molecule has 7 heteroatoms. The number of benzene rings is 1. The summed E-state index contributed by atoms with van der Waals surface area (Å²) in [4.78, 5) is 0.247. The lowest BCUT2D eigenvalue weighted by Crippen LogP contribution is -1.99. The monoisotopic (exact) mass is 295 g/mol. The molecule has 0 amide bonds. The molecule has 0 saturated heterocycles. The number of ether oxygens (including phenoxy) is 1. The van der Waals surface area contributed by atoms with Crippen molar-refractivity contribution in [2.24, 2.45) is 7.05 Å². The Bertz CT molecular complexity index is 718. The van der Waals surface area contributed by atoms with Gasteiger partial charge in [-0.3, -0.25) is 0 Å². The Hall–Kier alpha value is -2.02. The highest BCUT2D eigenvalue weighted by atomic mass is 32.2. The molecule has 0 bridgehead atoms. The molecule has 0 unspecified atom stereocenters. The van der Waals surface area contributed by atoms with E-state index in [4.69, 9.17) is 10.5 Å². The van der Waals surface area contributed by atoms with E-state index in [-0.39, 0.29) is 4.90 Å². The molecular weight excluding hydrogens is 278 g/mol. The van der Waals surface area contributed by atoms with Crippen molar-refractivity contribution in [3.8, 4) is 11.6 Å². The number of rotatable bonds is 4. The summed E-state index contributed by atoms with van der Waals surface area (Å²) >= 11 is 0. The number of aryl methyl sites for hydroxylation is 2. The van der Waals surface area contributed by atoms with Gasteiger partial charge in [0.1, 0.15) is 11.4 Å². The topological polar surface area (TPSA) is 87.2 Å². The quantitative estimate of drug-likeness (QED) is 0.928. The summed E-state index contributed by atoms with van der Waals surface area (Å²) in [5.74, 6) is 0.962. The lowest BCUT2D eigenvalue weighted by Gasteiger charge is -2.07. The fourth-order valence-electron chi connectivity index (χ4n) is 1.83. The van der Waals surface area contributed by atoms with Crippen LogP contribution in [0.25, 0.3) is 0 Å². The summed E-state index contributed by atoms with van der Waals surface area (Å²) in [5, 5.41) is 4.25. The second kappa shape index (κ2) is 5.16. The number of sulfone groups is 1. The van der Waals surface area contributed by atoms with Gasteiger partial charge in [-0.1, -0.05) is 6.92 Å². The van der Waals surface area contributed by atoms with Crippen molar-refractivity contribution in [3.05, 3.63) is 30.0 Å². The number of nitrogens with zero attached hydrogens (tertiary/aromatic N) is 2. The Labute approximate surface area is 118 Å². The molecule has 0 radical (unpaired) electrons. The minimum Gasteiger partial charge on any atom is -0.437 e. The van der Waals surface area contributed by atoms with E-state index in [2.05, 4.69) is 5.10 Å². The summed E-state index contributed by atoms with van der Waals surface area (Å²) in [7, 11) is -1.46. The average Bonchev–Trinajstić information content (AvgIpc) is 2.66. The Morgan fingerprint density at radius 2 is 1.90 bits per heavy atom. The molecule has 2 aromatic rings. The Morgan fingerprint density at radius 3 is 2.35 bits per heavy atom. The van der Waals surface area contributed by atoms with E-state index >= 15 is 0 Å². The molecule has 0 saturated carbocycles. The van der Waals surface area contributed by atoms with Gasteiger partial charge in [0.2, 0.25) is 5.88 Å². The third-order valence-electron chi connectivity index (χ3n) is 2.91. The van der Waals surface area contributed by atoms with Gasteiger partial charge in [0.05, 0.1) is 10.6 Å². The fourth-order valence-corrected chi connectivity index (χ4v) is 2.46. The minimum absolute atomic E-state index is 0.247. The second-order valence-corrected chi connectivity index (χ2v) is 6.50. The van der Waals surface area contributed by atoms with Crippen molar-refractivity contribution in [3.63, 3.8) is 0 Å². The number of aromatic nitrogens is 2. The van der Waals surface area contributed by atoms with Gasteiger partial charge in [0.15, 0.2) is 9.84 Å². The highest BCUT2D eigenvalue weighted by Crippen LogP contribution is 2.30. The zero-order chi connectivity index (χ0) is 14.9. The normalized spacial score (nSPS) is 11.6. The maximum absolute atomic E-state index is 11.4. The van der Waals surface area contributed by atoms with Gasteiger partial charge in [0.25, 0.3) is 0 Å². The van der Waals surface area contributed by atoms with Crippen LogP contribution in [0.3, 0.4) is 0 Å². The predicted octanol–water partition coefficient (Wildman–Crippen LogP) is 1.76. The minimum atomic E-state index is -3.21. The lowest BCUT2D eigenvalue weighted by atomic mass is 10.3. The summed E-state index contributed by atoms with van der Waals surface area (Å²) < 4.78 is 30.0. The van der Waals surface area contributed by atoms with Crippen LogP contribution in [0.1, 0.15) is 12.6 Å². The van der Waals surface area contributed by atoms with Crippen molar-refractivity contribution < 1.29 is 13.2 Å². The molecule has 0 aliphatic carbocycles. The largest absolute Gasteiger partial charge is 0.437 e. The zero-order valence-electron chi connectivity index (χ0n) is 11.6. The molecule has 1 aromatic carbocycles. The Morgan fingerprint density at radius 1 is 1.30 bits per heavy atom. The van der Waals surface area contributed by atoms with Crippen molar-refractivity contribution in [2.75, 3.05) is 12.0 Å². The molecule has 1 heterocycles. The first-order valence-electron chi connectivity index (χ1n) is 6.12. The first-order chi connectivity index (χ1) is 9.32. The van der Waals surface area contributed by atoms with Crippen LogP contribution in [0, 0.1) is 0 Å². The van der Waals surface area contributed by atoms with E-state index in [1.807, 2.05) is 6.92 Å². The number of hydrogen-bond acceptors (Lipinski definition) is 5. The van der Waals surface area contributed by atoms with Gasteiger partial charge in [-0.15, -0.1) is 0 Å². The van der Waals surface area contributed by atoms with Gasteiger partial charge < -0.3 is 10.5 Å².